The van der Waals surface area contributed by atoms with E-state index in [1.165, 1.54) is 63.4 Å². The molecule has 55 heavy (non-hydrogen) atoms. The van der Waals surface area contributed by atoms with Gasteiger partial charge in [-0.2, -0.15) is 0 Å². The number of fused-ring (bicyclic) bond motifs is 6. The zero-order valence-electron chi connectivity index (χ0n) is 34.4. The summed E-state index contributed by atoms with van der Waals surface area (Å²) in [5, 5.41) is 0.368. The van der Waals surface area contributed by atoms with Gasteiger partial charge in [-0.25, -0.2) is 4.79 Å². The normalized spacial score (nSPS) is 29.4. The molecule has 3 aromatic rings. The quantitative estimate of drug-likeness (QED) is 0.127. The number of hydrogen-bond donors (Lipinski definition) is 0. The van der Waals surface area contributed by atoms with Crippen molar-refractivity contribution in [1.29, 1.82) is 0 Å². The highest BCUT2D eigenvalue weighted by Crippen LogP contribution is 2.65. The van der Waals surface area contributed by atoms with Crippen LogP contribution < -0.4 is 19.6 Å². The molecule has 0 saturated heterocycles. The first-order chi connectivity index (χ1) is 26.4. The Balaban J connectivity index is 0.925. The SMILES string of the molecule is CCOc1ccc(Oc2c(C)oc3cc(OCC(=O)O[C@H]4CC[C@]5(C)C(=CC[C@H]6[C@H]7CC[C@@H]([C@@H](C)CCCC(C)C)C[C@]7(C)CC[C@H]65)C4)ccc3c2=O)cc1. The lowest BCUT2D eigenvalue weighted by atomic mass is 9.44. The van der Waals surface area contributed by atoms with Crippen molar-refractivity contribution in [3.8, 4) is 23.0 Å². The molecule has 0 radical (unpaired) electrons. The van der Waals surface area contributed by atoms with E-state index in [0.717, 1.165) is 60.5 Å². The predicted octanol–water partition coefficient (Wildman–Crippen LogP) is 12.0. The molecular formula is C48H64O7. The number of benzene rings is 2. The van der Waals surface area contributed by atoms with Gasteiger partial charge in [0, 0.05) is 12.5 Å². The molecule has 2 aromatic carbocycles. The second-order valence-electron chi connectivity index (χ2n) is 18.4. The van der Waals surface area contributed by atoms with Gasteiger partial charge >= 0.3 is 5.97 Å². The third-order valence-electron chi connectivity index (χ3n) is 14.4. The summed E-state index contributed by atoms with van der Waals surface area (Å²) in [6, 6.07) is 12.1. The van der Waals surface area contributed by atoms with Gasteiger partial charge in [-0.15, -0.1) is 0 Å². The molecule has 8 atom stereocenters. The lowest BCUT2D eigenvalue weighted by molar-refractivity contribution is -0.154. The number of hydrogen-bond acceptors (Lipinski definition) is 7. The number of rotatable bonds is 13. The van der Waals surface area contributed by atoms with E-state index in [4.69, 9.17) is 23.4 Å². The second-order valence-corrected chi connectivity index (χ2v) is 18.4. The monoisotopic (exact) mass is 752 g/mol. The van der Waals surface area contributed by atoms with Crippen molar-refractivity contribution >= 4 is 16.9 Å². The highest BCUT2D eigenvalue weighted by molar-refractivity contribution is 5.80. The molecule has 0 bridgehead atoms. The summed E-state index contributed by atoms with van der Waals surface area (Å²) in [5.74, 6) is 6.67. The topological polar surface area (TPSA) is 84.2 Å². The molecule has 1 aromatic heterocycles. The maximum absolute atomic E-state index is 13.3. The number of carbonyl (C=O) groups excluding carboxylic acids is 1. The third kappa shape index (κ3) is 8.37. The van der Waals surface area contributed by atoms with E-state index in [1.54, 1.807) is 49.4 Å². The average Bonchev–Trinajstić information content (AvgIpc) is 3.15. The molecule has 3 fully saturated rings. The van der Waals surface area contributed by atoms with Crippen molar-refractivity contribution in [3.63, 3.8) is 0 Å². The molecule has 0 N–H and O–H groups in total. The summed E-state index contributed by atoms with van der Waals surface area (Å²) in [4.78, 5) is 26.4. The molecule has 1 heterocycles. The fourth-order valence-corrected chi connectivity index (χ4v) is 11.3. The number of carbonyl (C=O) groups is 1. The summed E-state index contributed by atoms with van der Waals surface area (Å²) in [5.41, 5.74) is 2.29. The Morgan fingerprint density at radius 1 is 0.909 bits per heavy atom. The zero-order valence-corrected chi connectivity index (χ0v) is 34.4. The molecule has 298 valence electrons. The van der Waals surface area contributed by atoms with E-state index >= 15 is 0 Å². The van der Waals surface area contributed by atoms with Crippen molar-refractivity contribution in [2.24, 2.45) is 46.3 Å². The van der Waals surface area contributed by atoms with Crippen LogP contribution in [0.3, 0.4) is 0 Å². The summed E-state index contributed by atoms with van der Waals surface area (Å²) in [7, 11) is 0. The van der Waals surface area contributed by atoms with Gasteiger partial charge in [0.2, 0.25) is 11.2 Å². The minimum atomic E-state index is -0.372. The fourth-order valence-electron chi connectivity index (χ4n) is 11.3. The number of aryl methyl sites for hydroxylation is 1. The Labute approximate surface area is 328 Å². The summed E-state index contributed by atoms with van der Waals surface area (Å²) in [6.07, 6.45) is 17.5. The average molecular weight is 753 g/mol. The first-order valence-corrected chi connectivity index (χ1v) is 21.4. The Bertz CT molecular complexity index is 1910. The molecule has 0 spiro atoms. The molecule has 3 saturated carbocycles. The van der Waals surface area contributed by atoms with Crippen LogP contribution >= 0.6 is 0 Å². The van der Waals surface area contributed by atoms with Gasteiger partial charge in [-0.3, -0.25) is 4.79 Å². The van der Waals surface area contributed by atoms with Crippen LogP contribution in [0.25, 0.3) is 11.0 Å². The number of allylic oxidation sites excluding steroid dienone is 1. The Morgan fingerprint density at radius 3 is 2.44 bits per heavy atom. The minimum absolute atomic E-state index is 0.125. The number of esters is 1. The highest BCUT2D eigenvalue weighted by Gasteiger charge is 2.56. The van der Waals surface area contributed by atoms with Crippen LogP contribution in [0.15, 0.2) is 63.3 Å². The van der Waals surface area contributed by atoms with E-state index < -0.39 is 0 Å². The minimum Gasteiger partial charge on any atom is -0.494 e. The number of ether oxygens (including phenoxy) is 4. The van der Waals surface area contributed by atoms with Crippen LogP contribution in [0.4, 0.5) is 0 Å². The molecule has 0 aliphatic heterocycles. The van der Waals surface area contributed by atoms with Crippen LogP contribution in [0, 0.1) is 53.3 Å². The molecule has 0 amide bonds. The lowest BCUT2D eigenvalue weighted by Gasteiger charge is -2.61. The standard InChI is InChI=1S/C48H64O7/c1-8-51-35-14-16-36(17-15-35)55-46-32(5)53-43-27-37(18-20-40(43)45(46)50)52-29-44(49)54-38-22-25-48(7)34(26-38)13-19-39-41-21-12-33(31(4)11-9-10-30(2)3)28-47(41,6)24-23-42(39)48/h13-18,20,27,30-31,33,38-39,41-42H,8-12,19,21-26,28-29H2,1-7H3/t31-,33+,38-,39-,41+,42+,47-,48+/m0/s1. The molecular weight excluding hydrogens is 689 g/mol. The summed E-state index contributed by atoms with van der Waals surface area (Å²) in [6.45, 7) is 16.4. The largest absolute Gasteiger partial charge is 0.494 e. The highest BCUT2D eigenvalue weighted by atomic mass is 16.6. The van der Waals surface area contributed by atoms with E-state index in [2.05, 4.69) is 40.7 Å². The molecule has 7 nitrogen and oxygen atoms in total. The smallest absolute Gasteiger partial charge is 0.344 e. The van der Waals surface area contributed by atoms with Crippen molar-refractivity contribution in [3.05, 3.63) is 70.1 Å². The van der Waals surface area contributed by atoms with Gasteiger partial charge in [0.1, 0.15) is 34.7 Å². The first kappa shape index (κ1) is 39.5. The zero-order chi connectivity index (χ0) is 38.9. The van der Waals surface area contributed by atoms with Crippen LogP contribution in [0.2, 0.25) is 0 Å². The fraction of sp³-hybridized carbons (Fsp3) is 0.625. The Hall–Kier alpha value is -3.74. The predicted molar refractivity (Wildman–Crippen MR) is 218 cm³/mol. The van der Waals surface area contributed by atoms with E-state index in [-0.39, 0.29) is 35.3 Å². The Kier molecular flexibility index (Phi) is 11.8. The van der Waals surface area contributed by atoms with Gasteiger partial charge in [0.05, 0.1) is 12.0 Å². The molecule has 0 unspecified atom stereocenters. The van der Waals surface area contributed by atoms with Crippen LogP contribution in [-0.4, -0.2) is 25.3 Å². The van der Waals surface area contributed by atoms with E-state index in [0.29, 0.717) is 40.3 Å². The first-order valence-electron chi connectivity index (χ1n) is 21.4. The van der Waals surface area contributed by atoms with Crippen LogP contribution in [0.1, 0.15) is 124 Å². The second kappa shape index (κ2) is 16.4. The van der Waals surface area contributed by atoms with Crippen molar-refractivity contribution in [2.75, 3.05) is 13.2 Å². The van der Waals surface area contributed by atoms with Gasteiger partial charge in [0.15, 0.2) is 6.61 Å². The van der Waals surface area contributed by atoms with E-state index in [9.17, 15) is 9.59 Å². The van der Waals surface area contributed by atoms with Gasteiger partial charge < -0.3 is 23.4 Å². The maximum atomic E-state index is 13.3. The van der Waals surface area contributed by atoms with E-state index in [1.807, 2.05) is 6.92 Å². The molecule has 7 rings (SSSR count). The molecule has 7 heteroatoms. The van der Waals surface area contributed by atoms with Gasteiger partial charge in [-0.05, 0) is 148 Å². The molecule has 4 aliphatic rings. The van der Waals surface area contributed by atoms with Crippen LogP contribution in [0.5, 0.6) is 23.0 Å². The molecule has 4 aliphatic carbocycles. The van der Waals surface area contributed by atoms with Gasteiger partial charge in [0.25, 0.3) is 0 Å². The maximum Gasteiger partial charge on any atom is 0.344 e. The lowest BCUT2D eigenvalue weighted by Crippen LogP contribution is -2.52. The van der Waals surface area contributed by atoms with Crippen molar-refractivity contribution in [1.82, 2.24) is 0 Å². The van der Waals surface area contributed by atoms with Crippen LogP contribution in [-0.2, 0) is 9.53 Å². The van der Waals surface area contributed by atoms with Gasteiger partial charge in [-0.1, -0.05) is 65.5 Å². The van der Waals surface area contributed by atoms with Crippen molar-refractivity contribution < 1.29 is 28.2 Å². The third-order valence-corrected chi connectivity index (χ3v) is 14.4. The van der Waals surface area contributed by atoms with Crippen molar-refractivity contribution in [2.45, 2.75) is 132 Å². The Morgan fingerprint density at radius 2 is 1.67 bits per heavy atom. The summed E-state index contributed by atoms with van der Waals surface area (Å²) >= 11 is 0. The summed E-state index contributed by atoms with van der Waals surface area (Å²) < 4.78 is 29.3.